The Balaban J connectivity index is 0.000000276. The van der Waals surface area contributed by atoms with Gasteiger partial charge in [0.05, 0.1) is 5.56 Å². The van der Waals surface area contributed by atoms with E-state index < -0.39 is 11.6 Å². The number of halogens is 1. The number of esters is 1. The zero-order valence-corrected chi connectivity index (χ0v) is 12.3. The first-order valence-electron chi connectivity index (χ1n) is 6.73. The Bertz CT molecular complexity index is 420. The molecule has 0 unspecified atom stereocenters. The Morgan fingerprint density at radius 2 is 1.95 bits per heavy atom. The summed E-state index contributed by atoms with van der Waals surface area (Å²) >= 11 is 0. The van der Waals surface area contributed by atoms with Gasteiger partial charge in [0.1, 0.15) is 11.4 Å². The van der Waals surface area contributed by atoms with Crippen LogP contribution in [0, 0.1) is 5.82 Å². The average Bonchev–Trinajstić information content (AvgIpc) is 2.79. The lowest BCUT2D eigenvalue weighted by Crippen LogP contribution is -2.23. The molecule has 1 aliphatic rings. The molecule has 4 nitrogen and oxygen atoms in total. The molecule has 1 saturated heterocycles. The summed E-state index contributed by atoms with van der Waals surface area (Å²) in [4.78, 5) is 11.4. The number of rotatable bonds is 1. The average molecular weight is 282 g/mol. The number of benzene rings is 1. The van der Waals surface area contributed by atoms with E-state index in [-0.39, 0.29) is 5.82 Å². The minimum Gasteiger partial charge on any atom is -0.456 e. The molecular formula is C15H23FN2O2. The van der Waals surface area contributed by atoms with Crippen LogP contribution >= 0.6 is 0 Å². The van der Waals surface area contributed by atoms with Gasteiger partial charge in [-0.2, -0.15) is 0 Å². The zero-order valence-electron chi connectivity index (χ0n) is 12.3. The molecule has 0 spiro atoms. The molecule has 112 valence electrons. The standard InChI is InChI=1S/C11H13FO2.C4H10N2/c1-11(2,3)14-10(13)8-4-6-9(12)7-5-8;5-4-1-2-6-3-4/h4-7H,1-3H3;4,6H,1-3,5H2/t;4-/m.0/s1. The van der Waals surface area contributed by atoms with Gasteiger partial charge >= 0.3 is 5.97 Å². The fourth-order valence-electron chi connectivity index (χ4n) is 1.60. The lowest BCUT2D eigenvalue weighted by molar-refractivity contribution is 0.00695. The third-order valence-electron chi connectivity index (χ3n) is 2.58. The molecule has 0 saturated carbocycles. The van der Waals surface area contributed by atoms with E-state index in [1.54, 1.807) is 20.8 Å². The van der Waals surface area contributed by atoms with Gasteiger partial charge in [-0.15, -0.1) is 0 Å². The molecule has 1 aliphatic heterocycles. The summed E-state index contributed by atoms with van der Waals surface area (Å²) in [6.07, 6.45) is 1.15. The van der Waals surface area contributed by atoms with Crippen molar-refractivity contribution >= 4 is 5.97 Å². The van der Waals surface area contributed by atoms with Crippen LogP contribution in [0.3, 0.4) is 0 Å². The summed E-state index contributed by atoms with van der Waals surface area (Å²) in [5.74, 6) is -0.796. The van der Waals surface area contributed by atoms with Gasteiger partial charge in [-0.25, -0.2) is 9.18 Å². The number of ether oxygens (including phenoxy) is 1. The molecule has 20 heavy (non-hydrogen) atoms. The molecule has 1 heterocycles. The third-order valence-corrected chi connectivity index (χ3v) is 2.58. The zero-order chi connectivity index (χ0) is 15.2. The number of nitrogens with two attached hydrogens (primary N) is 1. The van der Waals surface area contributed by atoms with Crippen molar-refractivity contribution in [2.24, 2.45) is 5.73 Å². The second-order valence-electron chi connectivity index (χ2n) is 5.76. The van der Waals surface area contributed by atoms with E-state index in [1.807, 2.05) is 0 Å². The molecule has 0 bridgehead atoms. The highest BCUT2D eigenvalue weighted by Gasteiger charge is 2.17. The summed E-state index contributed by atoms with van der Waals surface area (Å²) < 4.78 is 17.6. The molecule has 1 aromatic carbocycles. The predicted molar refractivity (Wildman–Crippen MR) is 77.0 cm³/mol. The summed E-state index contributed by atoms with van der Waals surface area (Å²) in [7, 11) is 0. The molecule has 1 fully saturated rings. The SMILES string of the molecule is CC(C)(C)OC(=O)c1ccc(F)cc1.N[C@H]1CCNC1. The van der Waals surface area contributed by atoms with Crippen LogP contribution in [0.1, 0.15) is 37.6 Å². The monoisotopic (exact) mass is 282 g/mol. The molecule has 0 radical (unpaired) electrons. The quantitative estimate of drug-likeness (QED) is 0.774. The van der Waals surface area contributed by atoms with Crippen LogP contribution in [0.25, 0.3) is 0 Å². The molecule has 0 aromatic heterocycles. The van der Waals surface area contributed by atoms with Gasteiger partial charge in [0.15, 0.2) is 0 Å². The van der Waals surface area contributed by atoms with Gasteiger partial charge in [-0.05, 0) is 58.0 Å². The second-order valence-corrected chi connectivity index (χ2v) is 5.76. The molecular weight excluding hydrogens is 259 g/mol. The molecule has 1 aromatic rings. The Kier molecular flexibility index (Phi) is 6.10. The van der Waals surface area contributed by atoms with Crippen molar-refractivity contribution in [1.29, 1.82) is 0 Å². The second kappa shape index (κ2) is 7.36. The number of nitrogens with one attached hydrogen (secondary N) is 1. The minimum absolute atomic E-state index is 0.362. The lowest BCUT2D eigenvalue weighted by atomic mass is 10.1. The summed E-state index contributed by atoms with van der Waals surface area (Å²) in [5.41, 5.74) is 5.31. The Morgan fingerprint density at radius 1 is 1.35 bits per heavy atom. The first-order chi connectivity index (χ1) is 9.28. The van der Waals surface area contributed by atoms with Crippen LogP contribution in [0.4, 0.5) is 4.39 Å². The maximum Gasteiger partial charge on any atom is 0.338 e. The minimum atomic E-state index is -0.522. The van der Waals surface area contributed by atoms with Gasteiger partial charge in [0.25, 0.3) is 0 Å². The van der Waals surface area contributed by atoms with Crippen molar-refractivity contribution in [2.75, 3.05) is 13.1 Å². The van der Waals surface area contributed by atoms with Crippen LogP contribution in [0.5, 0.6) is 0 Å². The third kappa shape index (κ3) is 6.63. The maximum absolute atomic E-state index is 12.5. The summed E-state index contributed by atoms with van der Waals surface area (Å²) in [6.45, 7) is 7.48. The van der Waals surface area contributed by atoms with Gasteiger partial charge in [-0.3, -0.25) is 0 Å². The predicted octanol–water partition coefficient (Wildman–Crippen LogP) is 2.09. The van der Waals surface area contributed by atoms with Gasteiger partial charge < -0.3 is 15.8 Å². The van der Waals surface area contributed by atoms with Gasteiger partial charge in [0.2, 0.25) is 0 Å². The highest BCUT2D eigenvalue weighted by Crippen LogP contribution is 2.12. The van der Waals surface area contributed by atoms with Crippen molar-refractivity contribution in [1.82, 2.24) is 5.32 Å². The molecule has 0 aliphatic carbocycles. The van der Waals surface area contributed by atoms with Crippen LogP contribution < -0.4 is 11.1 Å². The van der Waals surface area contributed by atoms with Crippen LogP contribution in [0.2, 0.25) is 0 Å². The summed E-state index contributed by atoms with van der Waals surface area (Å²) in [6, 6.07) is 5.72. The Labute approximate surface area is 119 Å². The van der Waals surface area contributed by atoms with E-state index >= 15 is 0 Å². The van der Waals surface area contributed by atoms with Crippen molar-refractivity contribution in [3.8, 4) is 0 Å². The molecule has 5 heteroatoms. The first-order valence-corrected chi connectivity index (χ1v) is 6.73. The normalized spacial score (nSPS) is 18.1. The largest absolute Gasteiger partial charge is 0.456 e. The highest BCUT2D eigenvalue weighted by atomic mass is 19.1. The Morgan fingerprint density at radius 3 is 2.30 bits per heavy atom. The molecule has 3 N–H and O–H groups in total. The van der Waals surface area contributed by atoms with Crippen LogP contribution in [-0.2, 0) is 4.74 Å². The van der Waals surface area contributed by atoms with Crippen molar-refractivity contribution in [2.45, 2.75) is 38.8 Å². The molecule has 2 rings (SSSR count). The number of carbonyl (C=O) groups excluding carboxylic acids is 1. The van der Waals surface area contributed by atoms with Crippen LogP contribution in [-0.4, -0.2) is 30.7 Å². The van der Waals surface area contributed by atoms with E-state index in [4.69, 9.17) is 10.5 Å². The van der Waals surface area contributed by atoms with Crippen molar-refractivity contribution in [3.63, 3.8) is 0 Å². The topological polar surface area (TPSA) is 64.3 Å². The van der Waals surface area contributed by atoms with Crippen molar-refractivity contribution < 1.29 is 13.9 Å². The van der Waals surface area contributed by atoms with Crippen molar-refractivity contribution in [3.05, 3.63) is 35.6 Å². The molecule has 1 atom stereocenters. The van der Waals surface area contributed by atoms with E-state index in [0.29, 0.717) is 11.6 Å². The fraction of sp³-hybridized carbons (Fsp3) is 0.533. The molecule has 0 amide bonds. The number of hydrogen-bond donors (Lipinski definition) is 2. The Hall–Kier alpha value is -1.46. The lowest BCUT2D eigenvalue weighted by Gasteiger charge is -2.19. The van der Waals surface area contributed by atoms with E-state index in [0.717, 1.165) is 19.5 Å². The van der Waals surface area contributed by atoms with Gasteiger partial charge in [-0.1, -0.05) is 0 Å². The first kappa shape index (κ1) is 16.6. The van der Waals surface area contributed by atoms with E-state index in [1.165, 1.54) is 24.3 Å². The van der Waals surface area contributed by atoms with E-state index in [9.17, 15) is 9.18 Å². The smallest absolute Gasteiger partial charge is 0.338 e. The highest BCUT2D eigenvalue weighted by molar-refractivity contribution is 5.89. The number of carbonyl (C=O) groups is 1. The number of hydrogen-bond acceptors (Lipinski definition) is 4. The summed E-state index contributed by atoms with van der Waals surface area (Å²) in [5, 5.41) is 3.15. The van der Waals surface area contributed by atoms with Gasteiger partial charge in [0, 0.05) is 12.6 Å². The maximum atomic E-state index is 12.5. The fourth-order valence-corrected chi connectivity index (χ4v) is 1.60. The van der Waals surface area contributed by atoms with E-state index in [2.05, 4.69) is 5.32 Å². The van der Waals surface area contributed by atoms with Crippen LogP contribution in [0.15, 0.2) is 24.3 Å².